The number of hydrogen-bond acceptors (Lipinski definition) is 10. The Bertz CT molecular complexity index is 810. The van der Waals surface area contributed by atoms with Crippen molar-refractivity contribution in [3.63, 3.8) is 0 Å². The van der Waals surface area contributed by atoms with Crippen LogP contribution in [0.1, 0.15) is 13.2 Å². The molecule has 0 aliphatic carbocycles. The molecule has 1 aliphatic heterocycles. The molecule has 5 atom stereocenters. The molecule has 11 nitrogen and oxygen atoms in total. The van der Waals surface area contributed by atoms with Crippen molar-refractivity contribution in [2.24, 2.45) is 0 Å². The van der Waals surface area contributed by atoms with Gasteiger partial charge in [0.2, 0.25) is 0 Å². The molecular weight excluding hydrogens is 358 g/mol. The Morgan fingerprint density at radius 3 is 2.67 bits per heavy atom. The largest absolute Gasteiger partial charge is 0.394 e. The highest BCUT2D eigenvalue weighted by atomic mass is 16.6. The Balaban J connectivity index is 1.95. The van der Waals surface area contributed by atoms with Gasteiger partial charge in [0, 0.05) is 6.54 Å². The molecule has 0 spiro atoms. The Labute approximate surface area is 154 Å². The number of rotatable bonds is 6. The molecule has 27 heavy (non-hydrogen) atoms. The molecule has 0 saturated carbocycles. The van der Waals surface area contributed by atoms with Crippen LogP contribution in [0.4, 0.5) is 5.82 Å². The molecule has 0 radical (unpaired) electrons. The number of aliphatic hydroxyl groups excluding tert-OH is 5. The van der Waals surface area contributed by atoms with Gasteiger partial charge in [-0.15, -0.1) is 0 Å². The van der Waals surface area contributed by atoms with Gasteiger partial charge < -0.3 is 35.6 Å². The van der Waals surface area contributed by atoms with E-state index in [4.69, 9.17) is 9.84 Å². The summed E-state index contributed by atoms with van der Waals surface area (Å²) < 4.78 is 7.03. The lowest BCUT2D eigenvalue weighted by atomic mass is 9.98. The number of aliphatic hydroxyl groups is 5. The quantitative estimate of drug-likeness (QED) is 0.313. The maximum absolute atomic E-state index is 10.4. The van der Waals surface area contributed by atoms with Crippen LogP contribution in [0.2, 0.25) is 0 Å². The van der Waals surface area contributed by atoms with E-state index < -0.39 is 37.3 Å². The van der Waals surface area contributed by atoms with Crippen molar-refractivity contribution in [3.05, 3.63) is 24.3 Å². The molecule has 148 valence electrons. The number of anilines is 1. The number of hydrogen-bond donors (Lipinski definition) is 6. The number of imidazole rings is 1. The molecule has 1 saturated heterocycles. The molecular formula is C16H23N5O6. The second-order valence-corrected chi connectivity index (χ2v) is 6.36. The molecule has 11 heteroatoms. The minimum absolute atomic E-state index is 0.0519. The van der Waals surface area contributed by atoms with Crippen LogP contribution in [0, 0.1) is 0 Å². The fourth-order valence-corrected chi connectivity index (χ4v) is 2.90. The van der Waals surface area contributed by atoms with Gasteiger partial charge in [-0.05, 0) is 6.92 Å². The second kappa shape index (κ2) is 8.25. The van der Waals surface area contributed by atoms with Crippen molar-refractivity contribution in [2.75, 3.05) is 25.1 Å². The smallest absolute Gasteiger partial charge is 0.183 e. The van der Waals surface area contributed by atoms with Crippen molar-refractivity contribution < 1.29 is 30.3 Å². The van der Waals surface area contributed by atoms with Gasteiger partial charge in [0.05, 0.1) is 13.2 Å². The van der Waals surface area contributed by atoms with Crippen molar-refractivity contribution >= 4 is 17.0 Å². The number of fused-ring (bicyclic) bond motifs is 1. The number of aromatic nitrogens is 4. The van der Waals surface area contributed by atoms with Gasteiger partial charge in [-0.1, -0.05) is 11.6 Å². The minimum Gasteiger partial charge on any atom is -0.394 e. The molecule has 1 aliphatic rings. The zero-order chi connectivity index (χ0) is 19.6. The van der Waals surface area contributed by atoms with E-state index in [0.29, 0.717) is 23.5 Å². The summed E-state index contributed by atoms with van der Waals surface area (Å²) >= 11 is 0. The predicted octanol–water partition coefficient (Wildman–Crippen LogP) is -1.85. The van der Waals surface area contributed by atoms with Crippen LogP contribution in [-0.4, -0.2) is 89.2 Å². The Hall–Kier alpha value is -2.15. The Kier molecular flexibility index (Phi) is 5.99. The molecule has 6 N–H and O–H groups in total. The van der Waals surface area contributed by atoms with E-state index >= 15 is 0 Å². The summed E-state index contributed by atoms with van der Waals surface area (Å²) in [7, 11) is 0. The first-order valence-corrected chi connectivity index (χ1v) is 8.46. The van der Waals surface area contributed by atoms with Crippen LogP contribution in [0.25, 0.3) is 11.2 Å². The van der Waals surface area contributed by atoms with Crippen LogP contribution in [-0.2, 0) is 4.74 Å². The van der Waals surface area contributed by atoms with E-state index in [9.17, 15) is 20.4 Å². The number of nitrogens with one attached hydrogen (secondary N) is 1. The standard InChI is InChI=1S/C16H23N5O6/c1-8(4-22)2-3-17-14-10-15(19-6-18-14)20-7-21(10)16-13(26)12(25)11(24)9(5-23)27-16/h2,6-7,9,11-13,16,22-26H,3-5H2,1H3,(H,17,18,19)/b8-2+/t9-,11-,12+,13-,16+/m1/s1. The molecule has 0 bridgehead atoms. The van der Waals surface area contributed by atoms with Gasteiger partial charge in [0.15, 0.2) is 17.7 Å². The third-order valence-electron chi connectivity index (χ3n) is 4.48. The lowest BCUT2D eigenvalue weighted by Crippen LogP contribution is -2.56. The highest BCUT2D eigenvalue weighted by Crippen LogP contribution is 2.32. The van der Waals surface area contributed by atoms with Crippen LogP contribution in [0.3, 0.4) is 0 Å². The second-order valence-electron chi connectivity index (χ2n) is 6.36. The SMILES string of the molecule is C/C(=C\CNc1ncnc2ncn([C@H]3O[C@H](CO)[C@@H](O)[C@H](O)[C@H]3O)c12)CO. The lowest BCUT2D eigenvalue weighted by molar-refractivity contribution is -0.250. The third kappa shape index (κ3) is 3.78. The summed E-state index contributed by atoms with van der Waals surface area (Å²) in [6, 6.07) is 0. The lowest BCUT2D eigenvalue weighted by Gasteiger charge is -2.40. The summed E-state index contributed by atoms with van der Waals surface area (Å²) in [5.41, 5.74) is 1.56. The average Bonchev–Trinajstić information content (AvgIpc) is 3.11. The van der Waals surface area contributed by atoms with Gasteiger partial charge in [0.25, 0.3) is 0 Å². The van der Waals surface area contributed by atoms with Gasteiger partial charge >= 0.3 is 0 Å². The molecule has 3 rings (SSSR count). The zero-order valence-corrected chi connectivity index (χ0v) is 14.7. The zero-order valence-electron chi connectivity index (χ0n) is 14.7. The van der Waals surface area contributed by atoms with E-state index in [-0.39, 0.29) is 6.61 Å². The third-order valence-corrected chi connectivity index (χ3v) is 4.48. The summed E-state index contributed by atoms with van der Waals surface area (Å²) in [4.78, 5) is 12.4. The number of ether oxygens (including phenoxy) is 1. The summed E-state index contributed by atoms with van der Waals surface area (Å²) in [5, 5.41) is 51.9. The summed E-state index contributed by atoms with van der Waals surface area (Å²) in [6.45, 7) is 1.60. The molecule has 2 aromatic heterocycles. The fourth-order valence-electron chi connectivity index (χ4n) is 2.90. The molecule has 3 heterocycles. The van der Waals surface area contributed by atoms with Crippen LogP contribution in [0.15, 0.2) is 24.3 Å². The van der Waals surface area contributed by atoms with Crippen molar-refractivity contribution in [2.45, 2.75) is 37.6 Å². The van der Waals surface area contributed by atoms with E-state index in [1.54, 1.807) is 13.0 Å². The predicted molar refractivity (Wildman–Crippen MR) is 93.7 cm³/mol. The van der Waals surface area contributed by atoms with E-state index in [0.717, 1.165) is 5.57 Å². The maximum atomic E-state index is 10.4. The Morgan fingerprint density at radius 2 is 1.96 bits per heavy atom. The average molecular weight is 381 g/mol. The molecule has 0 unspecified atom stereocenters. The first-order chi connectivity index (χ1) is 13.0. The first-order valence-electron chi connectivity index (χ1n) is 8.46. The normalized spacial score (nSPS) is 29.3. The van der Waals surface area contributed by atoms with Crippen molar-refractivity contribution in [1.29, 1.82) is 0 Å². The summed E-state index contributed by atoms with van der Waals surface area (Å²) in [5.74, 6) is 0.413. The number of nitrogens with zero attached hydrogens (tertiary/aromatic N) is 4. The molecule has 0 aromatic carbocycles. The monoisotopic (exact) mass is 381 g/mol. The van der Waals surface area contributed by atoms with Crippen LogP contribution < -0.4 is 5.32 Å². The van der Waals surface area contributed by atoms with Gasteiger partial charge in [-0.3, -0.25) is 4.57 Å². The maximum Gasteiger partial charge on any atom is 0.183 e. The fraction of sp³-hybridized carbons (Fsp3) is 0.562. The first kappa shape index (κ1) is 19.6. The summed E-state index contributed by atoms with van der Waals surface area (Å²) in [6.07, 6.45) is -2.04. The molecule has 0 amide bonds. The van der Waals surface area contributed by atoms with Crippen LogP contribution >= 0.6 is 0 Å². The van der Waals surface area contributed by atoms with Crippen LogP contribution in [0.5, 0.6) is 0 Å². The minimum atomic E-state index is -1.51. The highest BCUT2D eigenvalue weighted by Gasteiger charge is 2.44. The highest BCUT2D eigenvalue weighted by molar-refractivity contribution is 5.83. The van der Waals surface area contributed by atoms with Gasteiger partial charge in [0.1, 0.15) is 42.6 Å². The van der Waals surface area contributed by atoms with Gasteiger partial charge in [-0.2, -0.15) is 0 Å². The Morgan fingerprint density at radius 1 is 1.19 bits per heavy atom. The van der Waals surface area contributed by atoms with E-state index in [1.807, 2.05) is 0 Å². The van der Waals surface area contributed by atoms with Gasteiger partial charge in [-0.25, -0.2) is 15.0 Å². The van der Waals surface area contributed by atoms with E-state index in [1.165, 1.54) is 17.2 Å². The topological polar surface area (TPSA) is 166 Å². The molecule has 2 aromatic rings. The van der Waals surface area contributed by atoms with E-state index in [2.05, 4.69) is 20.3 Å². The van der Waals surface area contributed by atoms with Crippen molar-refractivity contribution in [3.8, 4) is 0 Å². The van der Waals surface area contributed by atoms with Crippen molar-refractivity contribution in [1.82, 2.24) is 19.5 Å². The molecule has 1 fully saturated rings.